The monoisotopic (exact) mass is 631 g/mol. The molecule has 1 aromatic heterocycles. The number of amides is 3. The predicted octanol–water partition coefficient (Wildman–Crippen LogP) is 6.33. The molecular weight excluding hydrogens is 615 g/mol. The lowest BCUT2D eigenvalue weighted by Gasteiger charge is -2.23. The number of aromatic nitrogens is 1. The number of halogens is 6. The van der Waals surface area contributed by atoms with Crippen LogP contribution in [0.3, 0.4) is 0 Å². The Labute approximate surface area is 242 Å². The zero-order valence-electron chi connectivity index (χ0n) is 18.8. The van der Waals surface area contributed by atoms with E-state index < -0.39 is 33.0 Å². The summed E-state index contributed by atoms with van der Waals surface area (Å²) >= 11 is 33.8. The van der Waals surface area contributed by atoms with Crippen LogP contribution >= 0.6 is 69.6 Å². The average molecular weight is 634 g/mol. The Morgan fingerprint density at radius 2 is 1.57 bits per heavy atom. The fraction of sp³-hybridized carbons (Fsp3) is 0.364. The molecule has 1 saturated heterocycles. The quantitative estimate of drug-likeness (QED) is 0.329. The maximum Gasteiger partial charge on any atom is 0.425 e. The number of benzene rings is 1. The summed E-state index contributed by atoms with van der Waals surface area (Å²) in [4.78, 5) is 44.1. The Kier molecular flexibility index (Phi) is 10.2. The minimum absolute atomic E-state index is 0.0936. The molecule has 1 aromatic carbocycles. The second-order valence-electron chi connectivity index (χ2n) is 7.75. The lowest BCUT2D eigenvalue weighted by Crippen LogP contribution is -2.41. The molecule has 2 heterocycles. The molecule has 0 bridgehead atoms. The number of imide groups is 1. The molecule has 1 unspecified atom stereocenters. The molecule has 9 nitrogen and oxygen atoms in total. The summed E-state index contributed by atoms with van der Waals surface area (Å²) < 4.78 is 11.7. The van der Waals surface area contributed by atoms with Gasteiger partial charge in [0.1, 0.15) is 19.0 Å². The number of hydrogen-bond donors (Lipinski definition) is 0. The summed E-state index contributed by atoms with van der Waals surface area (Å²) in [5, 5.41) is 0. The maximum atomic E-state index is 12.7. The van der Waals surface area contributed by atoms with Crippen LogP contribution in [-0.4, -0.2) is 57.0 Å². The zero-order chi connectivity index (χ0) is 27.2. The van der Waals surface area contributed by atoms with E-state index in [1.54, 1.807) is 6.07 Å². The SMILES string of the molecule is O=C1CC(COc2ccccc2)CN1c1ccnc(N(C(=O)OCC(Cl)(Cl)Cl)C(=O)OCC(Cl)(Cl)Cl)c1. The van der Waals surface area contributed by atoms with E-state index in [0.29, 0.717) is 29.5 Å². The van der Waals surface area contributed by atoms with Crippen LogP contribution in [0, 0.1) is 5.92 Å². The molecule has 0 aliphatic carbocycles. The van der Waals surface area contributed by atoms with Crippen molar-refractivity contribution in [2.45, 2.75) is 14.0 Å². The third kappa shape index (κ3) is 9.42. The van der Waals surface area contributed by atoms with Gasteiger partial charge in [-0.15, -0.1) is 0 Å². The third-order valence-electron chi connectivity index (χ3n) is 4.79. The van der Waals surface area contributed by atoms with E-state index in [9.17, 15) is 14.4 Å². The Balaban J connectivity index is 1.77. The fourth-order valence-electron chi connectivity index (χ4n) is 3.25. The molecule has 200 valence electrons. The van der Waals surface area contributed by atoms with Crippen LogP contribution in [0.4, 0.5) is 21.1 Å². The van der Waals surface area contributed by atoms with Crippen molar-refractivity contribution >= 4 is 99.2 Å². The van der Waals surface area contributed by atoms with Crippen LogP contribution in [-0.2, 0) is 14.3 Å². The van der Waals surface area contributed by atoms with Gasteiger partial charge >= 0.3 is 12.2 Å². The van der Waals surface area contributed by atoms with E-state index >= 15 is 0 Å². The Hall–Kier alpha value is -1.88. The molecule has 3 amide bonds. The lowest BCUT2D eigenvalue weighted by molar-refractivity contribution is -0.117. The van der Waals surface area contributed by atoms with E-state index in [0.717, 1.165) is 0 Å². The van der Waals surface area contributed by atoms with Crippen LogP contribution in [0.2, 0.25) is 0 Å². The standard InChI is InChI=1S/C22H19Cl6N3O6/c23-21(24,25)12-36-19(33)31(20(34)37-13-22(26,27)28)17-9-15(6-7-29-17)30-10-14(8-18(30)32)11-35-16-4-2-1-3-5-16/h1-7,9,14H,8,10-13H2. The predicted molar refractivity (Wildman–Crippen MR) is 142 cm³/mol. The second kappa shape index (κ2) is 12.8. The molecule has 3 rings (SSSR count). The molecule has 0 spiro atoms. The molecule has 0 saturated carbocycles. The van der Waals surface area contributed by atoms with Crippen molar-refractivity contribution in [2.24, 2.45) is 5.92 Å². The van der Waals surface area contributed by atoms with Gasteiger partial charge in [-0.25, -0.2) is 14.6 Å². The first kappa shape index (κ1) is 29.7. The fourth-order valence-corrected chi connectivity index (χ4v) is 3.58. The van der Waals surface area contributed by atoms with Crippen LogP contribution in [0.1, 0.15) is 6.42 Å². The van der Waals surface area contributed by atoms with Crippen LogP contribution in [0.25, 0.3) is 0 Å². The van der Waals surface area contributed by atoms with Crippen molar-refractivity contribution in [3.8, 4) is 5.75 Å². The summed E-state index contributed by atoms with van der Waals surface area (Å²) in [6.07, 6.45) is -1.01. The van der Waals surface area contributed by atoms with Crippen molar-refractivity contribution in [2.75, 3.05) is 36.2 Å². The number of para-hydroxylation sites is 1. The molecular formula is C22H19Cl6N3O6. The molecule has 0 N–H and O–H groups in total. The van der Waals surface area contributed by atoms with E-state index in [4.69, 9.17) is 83.8 Å². The van der Waals surface area contributed by atoms with Gasteiger partial charge in [0, 0.05) is 36.8 Å². The van der Waals surface area contributed by atoms with Crippen molar-refractivity contribution < 1.29 is 28.6 Å². The number of nitrogens with zero attached hydrogens (tertiary/aromatic N) is 3. The van der Waals surface area contributed by atoms with Crippen LogP contribution in [0.15, 0.2) is 48.7 Å². The first-order chi connectivity index (χ1) is 17.3. The van der Waals surface area contributed by atoms with Gasteiger partial charge in [0.25, 0.3) is 0 Å². The number of anilines is 2. The largest absolute Gasteiger partial charge is 0.493 e. The van der Waals surface area contributed by atoms with Crippen molar-refractivity contribution in [1.29, 1.82) is 0 Å². The Bertz CT molecular complexity index is 1080. The molecule has 0 radical (unpaired) electrons. The summed E-state index contributed by atoms with van der Waals surface area (Å²) in [5.74, 6) is 0.182. The number of pyridine rings is 1. The second-order valence-corrected chi connectivity index (χ2v) is 12.8. The number of carbonyl (C=O) groups is 3. The normalized spacial score (nSPS) is 15.9. The van der Waals surface area contributed by atoms with E-state index in [-0.39, 0.29) is 24.1 Å². The number of carbonyl (C=O) groups excluding carboxylic acids is 3. The Morgan fingerprint density at radius 1 is 0.973 bits per heavy atom. The van der Waals surface area contributed by atoms with Gasteiger partial charge in [0.2, 0.25) is 13.5 Å². The average Bonchev–Trinajstić information content (AvgIpc) is 3.21. The first-order valence-electron chi connectivity index (χ1n) is 10.5. The summed E-state index contributed by atoms with van der Waals surface area (Å²) in [5.41, 5.74) is 0.366. The van der Waals surface area contributed by atoms with Crippen molar-refractivity contribution in [3.63, 3.8) is 0 Å². The van der Waals surface area contributed by atoms with Gasteiger partial charge < -0.3 is 19.1 Å². The van der Waals surface area contributed by atoms with E-state index in [2.05, 4.69) is 4.98 Å². The number of alkyl halides is 6. The molecule has 1 atom stereocenters. The van der Waals surface area contributed by atoms with Crippen molar-refractivity contribution in [1.82, 2.24) is 4.98 Å². The van der Waals surface area contributed by atoms with Crippen LogP contribution in [0.5, 0.6) is 5.75 Å². The first-order valence-corrected chi connectivity index (χ1v) is 12.8. The topological polar surface area (TPSA) is 98.3 Å². The Morgan fingerprint density at radius 3 is 2.14 bits per heavy atom. The summed E-state index contributed by atoms with van der Waals surface area (Å²) in [6.45, 7) is -0.705. The molecule has 1 fully saturated rings. The van der Waals surface area contributed by atoms with Gasteiger partial charge in [-0.1, -0.05) is 87.8 Å². The third-order valence-corrected chi connectivity index (χ3v) is 5.44. The highest BCUT2D eigenvalue weighted by Gasteiger charge is 2.35. The number of hydrogen-bond acceptors (Lipinski definition) is 7. The van der Waals surface area contributed by atoms with E-state index in [1.165, 1.54) is 17.2 Å². The molecule has 2 aromatic rings. The summed E-state index contributed by atoms with van der Waals surface area (Å²) in [7, 11) is 0. The highest BCUT2D eigenvalue weighted by atomic mass is 35.6. The van der Waals surface area contributed by atoms with Gasteiger partial charge in [-0.05, 0) is 18.2 Å². The van der Waals surface area contributed by atoms with Crippen LogP contribution < -0.4 is 14.5 Å². The van der Waals surface area contributed by atoms with Gasteiger partial charge in [0.05, 0.1) is 6.61 Å². The molecule has 1 aliphatic rings. The summed E-state index contributed by atoms with van der Waals surface area (Å²) in [6, 6.07) is 12.1. The minimum Gasteiger partial charge on any atom is -0.493 e. The van der Waals surface area contributed by atoms with Gasteiger partial charge in [-0.3, -0.25) is 4.79 Å². The van der Waals surface area contributed by atoms with Gasteiger partial charge in [-0.2, -0.15) is 4.90 Å². The maximum absolute atomic E-state index is 12.7. The van der Waals surface area contributed by atoms with Gasteiger partial charge in [0.15, 0.2) is 5.82 Å². The minimum atomic E-state index is -1.95. The van der Waals surface area contributed by atoms with E-state index in [1.807, 2.05) is 30.3 Å². The molecule has 1 aliphatic heterocycles. The number of ether oxygens (including phenoxy) is 3. The highest BCUT2D eigenvalue weighted by Crippen LogP contribution is 2.31. The smallest absolute Gasteiger partial charge is 0.425 e. The number of rotatable bonds is 7. The highest BCUT2D eigenvalue weighted by molar-refractivity contribution is 6.68. The lowest BCUT2D eigenvalue weighted by atomic mass is 10.1. The molecule has 15 heteroatoms. The zero-order valence-corrected chi connectivity index (χ0v) is 23.3. The molecule has 37 heavy (non-hydrogen) atoms. The van der Waals surface area contributed by atoms with Crippen molar-refractivity contribution in [3.05, 3.63) is 48.7 Å².